The van der Waals surface area contributed by atoms with Gasteiger partial charge in [0.05, 0.1) is 5.60 Å². The number of rotatable bonds is 2. The van der Waals surface area contributed by atoms with Crippen LogP contribution in [0.5, 0.6) is 0 Å². The van der Waals surface area contributed by atoms with Gasteiger partial charge in [0.25, 0.3) is 0 Å². The number of hydrogen-bond donors (Lipinski definition) is 2. The second-order valence-electron chi connectivity index (χ2n) is 4.75. The van der Waals surface area contributed by atoms with E-state index in [0.717, 1.165) is 35.7 Å². The summed E-state index contributed by atoms with van der Waals surface area (Å²) in [6, 6.07) is 2.28. The van der Waals surface area contributed by atoms with E-state index in [1.807, 2.05) is 12.3 Å². The number of halogens is 1. The highest BCUT2D eigenvalue weighted by Gasteiger charge is 2.32. The van der Waals surface area contributed by atoms with Gasteiger partial charge in [0, 0.05) is 29.3 Å². The molecular weight excluding hydrogens is 268 g/mol. The summed E-state index contributed by atoms with van der Waals surface area (Å²) in [6.45, 7) is 0. The van der Waals surface area contributed by atoms with Crippen LogP contribution in [0.15, 0.2) is 22.9 Å². The molecule has 3 nitrogen and oxygen atoms in total. The average molecular weight is 285 g/mol. The van der Waals surface area contributed by atoms with Crippen molar-refractivity contribution in [2.45, 2.75) is 43.7 Å². The van der Waals surface area contributed by atoms with Crippen LogP contribution in [-0.2, 0) is 6.42 Å². The topological polar surface area (TPSA) is 59.1 Å². The van der Waals surface area contributed by atoms with Crippen molar-refractivity contribution in [1.82, 2.24) is 4.98 Å². The van der Waals surface area contributed by atoms with Gasteiger partial charge in [0.1, 0.15) is 0 Å². The lowest BCUT2D eigenvalue weighted by Crippen LogP contribution is -2.40. The van der Waals surface area contributed by atoms with Gasteiger partial charge in [-0.15, -0.1) is 0 Å². The Morgan fingerprint density at radius 2 is 2.12 bits per heavy atom. The monoisotopic (exact) mass is 284 g/mol. The highest BCUT2D eigenvalue weighted by molar-refractivity contribution is 9.10. The van der Waals surface area contributed by atoms with Crippen molar-refractivity contribution in [2.24, 2.45) is 5.73 Å². The summed E-state index contributed by atoms with van der Waals surface area (Å²) < 4.78 is 0.959. The van der Waals surface area contributed by atoms with Gasteiger partial charge in [0.15, 0.2) is 0 Å². The van der Waals surface area contributed by atoms with Gasteiger partial charge in [0.2, 0.25) is 0 Å². The number of aliphatic hydroxyl groups is 1. The van der Waals surface area contributed by atoms with Crippen molar-refractivity contribution < 1.29 is 5.11 Å². The van der Waals surface area contributed by atoms with Crippen LogP contribution in [0.1, 0.15) is 31.2 Å². The summed E-state index contributed by atoms with van der Waals surface area (Å²) in [5.74, 6) is 0. The fourth-order valence-corrected chi connectivity index (χ4v) is 2.70. The molecule has 1 aromatic heterocycles. The van der Waals surface area contributed by atoms with Crippen molar-refractivity contribution >= 4 is 15.9 Å². The summed E-state index contributed by atoms with van der Waals surface area (Å²) in [4.78, 5) is 4.11. The zero-order valence-electron chi connectivity index (χ0n) is 9.19. The summed E-state index contributed by atoms with van der Waals surface area (Å²) >= 11 is 3.39. The number of pyridine rings is 1. The van der Waals surface area contributed by atoms with Crippen LogP contribution in [0.4, 0.5) is 0 Å². The van der Waals surface area contributed by atoms with E-state index in [4.69, 9.17) is 5.73 Å². The molecule has 0 aliphatic heterocycles. The Labute approximate surface area is 104 Å². The minimum absolute atomic E-state index is 0.265. The third-order valence-corrected chi connectivity index (χ3v) is 3.69. The molecule has 1 fully saturated rings. The van der Waals surface area contributed by atoms with E-state index in [0.29, 0.717) is 6.42 Å². The molecule has 3 N–H and O–H groups in total. The standard InChI is InChI=1S/C12H17BrN2O/c13-10-5-9(7-15-8-10)6-12(16)3-1-11(14)2-4-12/h5,7-8,11,16H,1-4,6,14H2. The molecule has 1 aromatic rings. The van der Waals surface area contributed by atoms with Gasteiger partial charge in [-0.25, -0.2) is 0 Å². The van der Waals surface area contributed by atoms with E-state index in [1.165, 1.54) is 0 Å². The van der Waals surface area contributed by atoms with Crippen molar-refractivity contribution in [3.05, 3.63) is 28.5 Å². The Morgan fingerprint density at radius 3 is 2.75 bits per heavy atom. The molecule has 0 bridgehead atoms. The van der Waals surface area contributed by atoms with Crippen molar-refractivity contribution in [2.75, 3.05) is 0 Å². The van der Waals surface area contributed by atoms with Gasteiger partial charge in [-0.1, -0.05) is 0 Å². The van der Waals surface area contributed by atoms with Crippen molar-refractivity contribution in [3.63, 3.8) is 0 Å². The molecule has 0 saturated heterocycles. The SMILES string of the molecule is NC1CCC(O)(Cc2cncc(Br)c2)CC1. The first-order chi connectivity index (χ1) is 7.57. The first kappa shape index (κ1) is 12.0. The average Bonchev–Trinajstić information content (AvgIpc) is 2.23. The maximum atomic E-state index is 10.4. The Kier molecular flexibility index (Phi) is 3.62. The zero-order valence-corrected chi connectivity index (χ0v) is 10.8. The van der Waals surface area contributed by atoms with Crippen molar-refractivity contribution in [1.29, 1.82) is 0 Å². The van der Waals surface area contributed by atoms with E-state index >= 15 is 0 Å². The molecule has 0 atom stereocenters. The minimum atomic E-state index is -0.585. The van der Waals surface area contributed by atoms with E-state index in [2.05, 4.69) is 20.9 Å². The lowest BCUT2D eigenvalue weighted by molar-refractivity contribution is 0.000142. The first-order valence-corrected chi connectivity index (χ1v) is 6.44. The van der Waals surface area contributed by atoms with Gasteiger partial charge in [-0.05, 0) is 53.2 Å². The van der Waals surface area contributed by atoms with Crippen LogP contribution in [-0.4, -0.2) is 21.7 Å². The molecule has 0 aromatic carbocycles. The van der Waals surface area contributed by atoms with E-state index < -0.39 is 5.60 Å². The maximum Gasteiger partial charge on any atom is 0.0689 e. The third kappa shape index (κ3) is 3.03. The molecule has 0 spiro atoms. The molecule has 0 amide bonds. The van der Waals surface area contributed by atoms with Crippen LogP contribution in [0, 0.1) is 0 Å². The Hall–Kier alpha value is -0.450. The predicted octanol–water partition coefficient (Wildman–Crippen LogP) is 2.02. The van der Waals surface area contributed by atoms with Crippen LogP contribution < -0.4 is 5.73 Å². The first-order valence-electron chi connectivity index (χ1n) is 5.65. The van der Waals surface area contributed by atoms with Crippen LogP contribution in [0.25, 0.3) is 0 Å². The number of nitrogens with two attached hydrogens (primary N) is 1. The normalized spacial score (nSPS) is 30.3. The second-order valence-corrected chi connectivity index (χ2v) is 5.67. The second kappa shape index (κ2) is 4.82. The molecular formula is C12H17BrN2O. The number of nitrogens with zero attached hydrogens (tertiary/aromatic N) is 1. The summed E-state index contributed by atoms with van der Waals surface area (Å²) in [5.41, 5.74) is 6.33. The van der Waals surface area contributed by atoms with Gasteiger partial charge >= 0.3 is 0 Å². The third-order valence-electron chi connectivity index (χ3n) is 3.26. The molecule has 2 rings (SSSR count). The van der Waals surface area contributed by atoms with Crippen molar-refractivity contribution in [3.8, 4) is 0 Å². The minimum Gasteiger partial charge on any atom is -0.390 e. The number of hydrogen-bond acceptors (Lipinski definition) is 3. The largest absolute Gasteiger partial charge is 0.390 e. The smallest absolute Gasteiger partial charge is 0.0689 e. The lowest BCUT2D eigenvalue weighted by Gasteiger charge is -2.34. The molecule has 88 valence electrons. The van der Waals surface area contributed by atoms with Crippen LogP contribution in [0.2, 0.25) is 0 Å². The molecule has 4 heteroatoms. The van der Waals surface area contributed by atoms with Gasteiger partial charge < -0.3 is 10.8 Å². The van der Waals surface area contributed by atoms with E-state index in [1.54, 1.807) is 6.20 Å². The molecule has 0 unspecified atom stereocenters. The highest BCUT2D eigenvalue weighted by Crippen LogP contribution is 2.30. The Balaban J connectivity index is 2.03. The molecule has 16 heavy (non-hydrogen) atoms. The van der Waals surface area contributed by atoms with Gasteiger partial charge in [-0.2, -0.15) is 0 Å². The van der Waals surface area contributed by atoms with Crippen LogP contribution in [0.3, 0.4) is 0 Å². The number of aromatic nitrogens is 1. The molecule has 1 aliphatic carbocycles. The fourth-order valence-electron chi connectivity index (χ4n) is 2.29. The van der Waals surface area contributed by atoms with Gasteiger partial charge in [-0.3, -0.25) is 4.98 Å². The summed E-state index contributed by atoms with van der Waals surface area (Å²) in [7, 11) is 0. The predicted molar refractivity (Wildman–Crippen MR) is 67.0 cm³/mol. The Bertz CT molecular complexity index is 362. The fraction of sp³-hybridized carbons (Fsp3) is 0.583. The van der Waals surface area contributed by atoms with Crippen LogP contribution >= 0.6 is 15.9 Å². The molecule has 1 heterocycles. The Morgan fingerprint density at radius 1 is 1.44 bits per heavy atom. The van der Waals surface area contributed by atoms with E-state index in [9.17, 15) is 5.11 Å². The molecule has 0 radical (unpaired) electrons. The highest BCUT2D eigenvalue weighted by atomic mass is 79.9. The zero-order chi connectivity index (χ0) is 11.6. The summed E-state index contributed by atoms with van der Waals surface area (Å²) in [5, 5.41) is 10.4. The quantitative estimate of drug-likeness (QED) is 0.874. The molecule has 1 aliphatic rings. The maximum absolute atomic E-state index is 10.4. The van der Waals surface area contributed by atoms with E-state index in [-0.39, 0.29) is 6.04 Å². The lowest BCUT2D eigenvalue weighted by atomic mass is 9.79. The molecule has 1 saturated carbocycles. The summed E-state index contributed by atoms with van der Waals surface area (Å²) in [6.07, 6.45) is 7.66.